The second kappa shape index (κ2) is 13.0. The number of carbonyl (C=O) groups is 1. The van der Waals surface area contributed by atoms with E-state index in [4.69, 9.17) is 10.1 Å². The van der Waals surface area contributed by atoms with Gasteiger partial charge in [-0.1, -0.05) is 5.92 Å². The molecule has 1 amide bonds. The minimum absolute atomic E-state index is 0.0876. The van der Waals surface area contributed by atoms with Gasteiger partial charge < -0.3 is 21.1 Å². The number of amides is 1. The predicted octanol–water partition coefficient (Wildman–Crippen LogP) is 3.33. The number of aliphatic hydroxyl groups is 1. The van der Waals surface area contributed by atoms with E-state index in [1.807, 2.05) is 24.3 Å². The fourth-order valence-electron chi connectivity index (χ4n) is 4.90. The van der Waals surface area contributed by atoms with E-state index in [2.05, 4.69) is 42.7 Å². The highest BCUT2D eigenvalue weighted by Crippen LogP contribution is 2.30. The molecule has 0 atom stereocenters. The smallest absolute Gasteiger partial charge is 0.251 e. The average molecular weight is 625 g/mol. The van der Waals surface area contributed by atoms with Crippen LogP contribution in [-0.4, -0.2) is 57.6 Å². The van der Waals surface area contributed by atoms with E-state index in [0.29, 0.717) is 47.1 Å². The number of anilines is 3. The quantitative estimate of drug-likeness (QED) is 0.182. The molecule has 6 N–H and O–H groups in total. The highest BCUT2D eigenvalue weighted by Gasteiger charge is 2.24. The van der Waals surface area contributed by atoms with E-state index in [9.17, 15) is 18.3 Å². The van der Waals surface area contributed by atoms with Crippen LogP contribution in [-0.2, 0) is 10.0 Å². The molecule has 2 aliphatic carbocycles. The molecule has 2 fully saturated rings. The van der Waals surface area contributed by atoms with Gasteiger partial charge in [0.1, 0.15) is 16.4 Å². The Labute approximate surface area is 261 Å². The van der Waals surface area contributed by atoms with Gasteiger partial charge in [-0.2, -0.15) is 4.98 Å². The fraction of sp³-hybridized carbons (Fsp3) is 0.281. The topological polar surface area (TPSA) is 185 Å². The Balaban J connectivity index is 1.18. The summed E-state index contributed by atoms with van der Waals surface area (Å²) in [6.07, 6.45) is 9.10. The van der Waals surface area contributed by atoms with Gasteiger partial charge in [-0.3, -0.25) is 9.78 Å². The van der Waals surface area contributed by atoms with E-state index in [1.165, 1.54) is 12.3 Å². The van der Waals surface area contributed by atoms with E-state index in [-0.39, 0.29) is 29.0 Å². The van der Waals surface area contributed by atoms with Crippen molar-refractivity contribution in [3.05, 3.63) is 83.9 Å². The first-order valence-corrected chi connectivity index (χ1v) is 16.2. The van der Waals surface area contributed by atoms with Crippen molar-refractivity contribution in [2.45, 2.75) is 61.6 Å². The van der Waals surface area contributed by atoms with Crippen molar-refractivity contribution in [2.75, 3.05) is 10.6 Å². The largest absolute Gasteiger partial charge is 0.393 e. The number of rotatable bonds is 8. The Morgan fingerprint density at radius 2 is 1.64 bits per heavy atom. The van der Waals surface area contributed by atoms with Crippen LogP contribution >= 0.6 is 0 Å². The molecule has 0 aliphatic heterocycles. The van der Waals surface area contributed by atoms with Crippen molar-refractivity contribution in [3.8, 4) is 23.1 Å². The normalized spacial score (nSPS) is 17.9. The maximum absolute atomic E-state index is 12.3. The van der Waals surface area contributed by atoms with Crippen LogP contribution in [0.1, 0.15) is 60.1 Å². The number of hydrogen-bond acceptors (Lipinski definition) is 10. The summed E-state index contributed by atoms with van der Waals surface area (Å²) < 4.78 is 23.4. The Hall–Kier alpha value is -4.90. The Morgan fingerprint density at radius 1 is 0.889 bits per heavy atom. The second-order valence-electron chi connectivity index (χ2n) is 11.2. The lowest BCUT2D eigenvalue weighted by atomic mass is 9.93. The first-order valence-electron chi connectivity index (χ1n) is 14.7. The molecule has 45 heavy (non-hydrogen) atoms. The molecule has 3 heterocycles. The first-order chi connectivity index (χ1) is 21.7. The third kappa shape index (κ3) is 7.98. The van der Waals surface area contributed by atoms with E-state index in [0.717, 1.165) is 36.9 Å². The molecule has 0 bridgehead atoms. The molecule has 6 rings (SSSR count). The van der Waals surface area contributed by atoms with E-state index in [1.54, 1.807) is 30.6 Å². The molecule has 2 saturated carbocycles. The molecule has 0 radical (unpaired) electrons. The van der Waals surface area contributed by atoms with Crippen LogP contribution in [0.5, 0.6) is 0 Å². The van der Waals surface area contributed by atoms with Crippen LogP contribution < -0.4 is 21.1 Å². The van der Waals surface area contributed by atoms with Crippen LogP contribution in [0.2, 0.25) is 0 Å². The van der Waals surface area contributed by atoms with Gasteiger partial charge in [0.15, 0.2) is 0 Å². The van der Waals surface area contributed by atoms with Gasteiger partial charge in [-0.15, -0.1) is 0 Å². The summed E-state index contributed by atoms with van der Waals surface area (Å²) in [5.41, 5.74) is 3.64. The molecular formula is C32H32N8O4S. The number of sulfonamides is 1. The summed E-state index contributed by atoms with van der Waals surface area (Å²) in [7, 11) is -3.88. The molecule has 0 unspecified atom stereocenters. The number of primary sulfonamides is 1. The van der Waals surface area contributed by atoms with Crippen LogP contribution in [0.15, 0.2) is 72.0 Å². The molecule has 1 aromatic carbocycles. The Kier molecular flexibility index (Phi) is 8.70. The lowest BCUT2D eigenvalue weighted by Crippen LogP contribution is -2.29. The number of nitrogens with zero attached hydrogens (tertiary/aromatic N) is 4. The minimum Gasteiger partial charge on any atom is -0.393 e. The summed E-state index contributed by atoms with van der Waals surface area (Å²) in [6, 6.07) is 14.1. The Morgan fingerprint density at radius 3 is 2.33 bits per heavy atom. The third-order valence-electron chi connectivity index (χ3n) is 7.58. The van der Waals surface area contributed by atoms with Crippen LogP contribution in [0.4, 0.5) is 17.5 Å². The number of nitrogens with two attached hydrogens (primary N) is 1. The van der Waals surface area contributed by atoms with Crippen LogP contribution in [0.3, 0.4) is 0 Å². The highest BCUT2D eigenvalue weighted by molar-refractivity contribution is 7.89. The molecule has 0 spiro atoms. The van der Waals surface area contributed by atoms with Gasteiger partial charge in [0.25, 0.3) is 5.91 Å². The van der Waals surface area contributed by atoms with Gasteiger partial charge in [0.05, 0.1) is 17.4 Å². The van der Waals surface area contributed by atoms with Gasteiger partial charge in [0.2, 0.25) is 16.0 Å². The molecule has 3 aromatic heterocycles. The maximum Gasteiger partial charge on any atom is 0.251 e. The minimum atomic E-state index is -3.88. The Bertz CT molecular complexity index is 1860. The lowest BCUT2D eigenvalue weighted by Gasteiger charge is -2.27. The first kappa shape index (κ1) is 30.1. The molecule has 12 nitrogen and oxygen atoms in total. The summed E-state index contributed by atoms with van der Waals surface area (Å²) in [5.74, 6) is 6.88. The standard InChI is InChI=1S/C32H32N8O4S/c33-45(43,44)27-13-14-29(35-18-27)28-19-36-32(40-30(28)37-22-9-11-26(41)12-10-22)39-24-4-1-20(2-5-24)3-6-25-17-21(15-16-34-25)31(42)38-23-7-8-23/h1-2,4-5,13-19,22-23,26,41H,7-12H2,(H,38,42)(H2,33,43,44)(H2,36,37,39,40). The van der Waals surface area contributed by atoms with Crippen LogP contribution in [0.25, 0.3) is 11.3 Å². The molecule has 2 aliphatic rings. The number of aliphatic hydroxyl groups excluding tert-OH is 1. The van der Waals surface area contributed by atoms with E-state index >= 15 is 0 Å². The highest BCUT2D eigenvalue weighted by atomic mass is 32.2. The SMILES string of the molecule is NS(=O)(=O)c1ccc(-c2cnc(Nc3ccc(C#Cc4cc(C(=O)NC5CC5)ccn4)cc3)nc2NC2CCC(O)CC2)nc1. The average Bonchev–Trinajstić information content (AvgIpc) is 3.86. The van der Waals surface area contributed by atoms with Crippen molar-refractivity contribution < 1.29 is 18.3 Å². The number of aromatic nitrogens is 4. The lowest BCUT2D eigenvalue weighted by molar-refractivity contribution is 0.0951. The van der Waals surface area contributed by atoms with Crippen LogP contribution in [0, 0.1) is 11.8 Å². The zero-order chi connectivity index (χ0) is 31.4. The summed E-state index contributed by atoms with van der Waals surface area (Å²) in [4.78, 5) is 30.0. The second-order valence-corrected chi connectivity index (χ2v) is 12.7. The van der Waals surface area contributed by atoms with Crippen molar-refractivity contribution >= 4 is 33.4 Å². The van der Waals surface area contributed by atoms with Crippen molar-refractivity contribution in [1.29, 1.82) is 0 Å². The monoisotopic (exact) mass is 624 g/mol. The van der Waals surface area contributed by atoms with Gasteiger partial charge >= 0.3 is 0 Å². The summed E-state index contributed by atoms with van der Waals surface area (Å²) in [6.45, 7) is 0. The zero-order valence-corrected chi connectivity index (χ0v) is 25.1. The predicted molar refractivity (Wildman–Crippen MR) is 169 cm³/mol. The number of carbonyl (C=O) groups excluding carboxylic acids is 1. The van der Waals surface area contributed by atoms with Gasteiger partial charge in [0, 0.05) is 47.5 Å². The van der Waals surface area contributed by atoms with Gasteiger partial charge in [-0.05, 0) is 93.0 Å². The molecule has 4 aromatic rings. The number of hydrogen-bond donors (Lipinski definition) is 5. The number of benzene rings is 1. The number of nitrogens with one attached hydrogen (secondary N) is 3. The number of pyridine rings is 2. The fourth-order valence-corrected chi connectivity index (χ4v) is 5.36. The molecule has 0 saturated heterocycles. The van der Waals surface area contributed by atoms with E-state index < -0.39 is 10.0 Å². The van der Waals surface area contributed by atoms with Crippen molar-refractivity contribution in [1.82, 2.24) is 25.3 Å². The van der Waals surface area contributed by atoms with Crippen molar-refractivity contribution in [2.24, 2.45) is 5.14 Å². The van der Waals surface area contributed by atoms with Gasteiger partial charge in [-0.25, -0.2) is 23.5 Å². The maximum atomic E-state index is 12.3. The zero-order valence-electron chi connectivity index (χ0n) is 24.3. The molecule has 13 heteroatoms. The molecule has 230 valence electrons. The van der Waals surface area contributed by atoms with Crippen molar-refractivity contribution in [3.63, 3.8) is 0 Å². The third-order valence-corrected chi connectivity index (χ3v) is 8.48. The molecular weight excluding hydrogens is 592 g/mol. The summed E-state index contributed by atoms with van der Waals surface area (Å²) in [5, 5.41) is 24.8. The summed E-state index contributed by atoms with van der Waals surface area (Å²) >= 11 is 0.